The molecule has 7 heteroatoms. The number of carbonyl (C=O) groups excluding carboxylic acids is 3. The van der Waals surface area contributed by atoms with Crippen molar-refractivity contribution in [3.8, 4) is 0 Å². The van der Waals surface area contributed by atoms with Crippen molar-refractivity contribution in [1.82, 2.24) is 5.32 Å². The number of benzene rings is 3. The molecule has 1 heterocycles. The number of carbonyl (C=O) groups is 3. The van der Waals surface area contributed by atoms with Gasteiger partial charge in [-0.15, -0.1) is 0 Å². The van der Waals surface area contributed by atoms with Crippen LogP contribution in [0.2, 0.25) is 0 Å². The fraction of sp³-hybridized carbons (Fsp3) is 0.364. The minimum absolute atomic E-state index is 0.0164. The molecule has 2 amide bonds. The maximum Gasteiger partial charge on any atom is 0.306 e. The first-order valence-electron chi connectivity index (χ1n) is 14.2. The van der Waals surface area contributed by atoms with E-state index >= 15 is 0 Å². The summed E-state index contributed by atoms with van der Waals surface area (Å²) in [5, 5.41) is 5.90. The number of anilines is 2. The number of hydrogen-bond donors (Lipinski definition) is 2. The molecule has 0 bridgehead atoms. The Kier molecular flexibility index (Phi) is 10.7. The molecular weight excluding hydrogens is 502 g/mol. The Morgan fingerprint density at radius 3 is 2.23 bits per heavy atom. The standard InChI is InChI=1S/C33H39N3O4/c1-2-40-32(38)16-15-31(37)35-28-13-14-30(29(24-28)33(39)34-20-17-25-9-5-3-6-10-25)36-21-18-27(19-22-36)23-26-11-7-4-8-12-26/h3-14,24,27H,2,15-23H2,1H3,(H,34,39)(H,35,37). The number of ether oxygens (including phenoxy) is 1. The molecule has 210 valence electrons. The minimum atomic E-state index is -0.401. The predicted molar refractivity (Wildman–Crippen MR) is 159 cm³/mol. The molecule has 0 radical (unpaired) electrons. The number of hydrogen-bond acceptors (Lipinski definition) is 5. The molecule has 40 heavy (non-hydrogen) atoms. The maximum absolute atomic E-state index is 13.4. The summed E-state index contributed by atoms with van der Waals surface area (Å²) >= 11 is 0. The Morgan fingerprint density at radius 1 is 0.875 bits per heavy atom. The van der Waals surface area contributed by atoms with Crippen LogP contribution < -0.4 is 15.5 Å². The van der Waals surface area contributed by atoms with E-state index in [0.29, 0.717) is 23.7 Å². The lowest BCUT2D eigenvalue weighted by atomic mass is 9.89. The van der Waals surface area contributed by atoms with E-state index in [0.717, 1.165) is 50.0 Å². The molecule has 0 spiro atoms. The highest BCUT2D eigenvalue weighted by Gasteiger charge is 2.24. The molecule has 1 aliphatic heterocycles. The van der Waals surface area contributed by atoms with Gasteiger partial charge in [0.15, 0.2) is 0 Å². The van der Waals surface area contributed by atoms with Gasteiger partial charge < -0.3 is 20.3 Å². The van der Waals surface area contributed by atoms with Gasteiger partial charge in [-0.2, -0.15) is 0 Å². The number of esters is 1. The molecule has 0 aliphatic carbocycles. The Morgan fingerprint density at radius 2 is 1.55 bits per heavy atom. The van der Waals surface area contributed by atoms with E-state index in [1.54, 1.807) is 13.0 Å². The number of rotatable bonds is 12. The number of nitrogens with zero attached hydrogens (tertiary/aromatic N) is 1. The van der Waals surface area contributed by atoms with Gasteiger partial charge in [0.2, 0.25) is 5.91 Å². The third-order valence-electron chi connectivity index (χ3n) is 7.25. The minimum Gasteiger partial charge on any atom is -0.466 e. The van der Waals surface area contributed by atoms with Crippen LogP contribution in [0.25, 0.3) is 0 Å². The highest BCUT2D eigenvalue weighted by Crippen LogP contribution is 2.30. The largest absolute Gasteiger partial charge is 0.466 e. The quantitative estimate of drug-likeness (QED) is 0.300. The topological polar surface area (TPSA) is 87.7 Å². The van der Waals surface area contributed by atoms with E-state index < -0.39 is 5.97 Å². The monoisotopic (exact) mass is 541 g/mol. The van der Waals surface area contributed by atoms with Crippen LogP contribution in [0.3, 0.4) is 0 Å². The number of amides is 2. The lowest BCUT2D eigenvalue weighted by Gasteiger charge is -2.35. The molecule has 4 rings (SSSR count). The fourth-order valence-corrected chi connectivity index (χ4v) is 5.13. The van der Waals surface area contributed by atoms with E-state index in [1.807, 2.05) is 48.5 Å². The van der Waals surface area contributed by atoms with Crippen LogP contribution in [0.1, 0.15) is 54.1 Å². The van der Waals surface area contributed by atoms with E-state index in [-0.39, 0.29) is 31.3 Å². The van der Waals surface area contributed by atoms with Gasteiger partial charge in [0, 0.05) is 37.4 Å². The van der Waals surface area contributed by atoms with Crippen molar-refractivity contribution in [2.45, 2.75) is 45.4 Å². The highest BCUT2D eigenvalue weighted by atomic mass is 16.5. The Balaban J connectivity index is 1.43. The van der Waals surface area contributed by atoms with Crippen LogP contribution in [-0.2, 0) is 27.2 Å². The summed E-state index contributed by atoms with van der Waals surface area (Å²) in [6.45, 7) is 4.27. The van der Waals surface area contributed by atoms with Gasteiger partial charge in [0.05, 0.1) is 18.6 Å². The molecule has 2 N–H and O–H groups in total. The second-order valence-electron chi connectivity index (χ2n) is 10.2. The zero-order valence-electron chi connectivity index (χ0n) is 23.2. The third-order valence-corrected chi connectivity index (χ3v) is 7.25. The summed E-state index contributed by atoms with van der Waals surface area (Å²) in [5.74, 6) is -0.250. The van der Waals surface area contributed by atoms with Crippen LogP contribution >= 0.6 is 0 Å². The second-order valence-corrected chi connectivity index (χ2v) is 10.2. The molecule has 7 nitrogen and oxygen atoms in total. The van der Waals surface area contributed by atoms with Gasteiger partial charge in [-0.3, -0.25) is 14.4 Å². The first-order chi connectivity index (χ1) is 19.5. The zero-order chi connectivity index (χ0) is 28.2. The van der Waals surface area contributed by atoms with Gasteiger partial charge in [0.25, 0.3) is 5.91 Å². The highest BCUT2D eigenvalue weighted by molar-refractivity contribution is 6.02. The van der Waals surface area contributed by atoms with Gasteiger partial charge >= 0.3 is 5.97 Å². The molecule has 3 aromatic carbocycles. The lowest BCUT2D eigenvalue weighted by Crippen LogP contribution is -2.36. The van der Waals surface area contributed by atoms with Crippen molar-refractivity contribution in [3.05, 3.63) is 95.6 Å². The van der Waals surface area contributed by atoms with Gasteiger partial charge in [-0.1, -0.05) is 60.7 Å². The smallest absolute Gasteiger partial charge is 0.306 e. The molecule has 0 atom stereocenters. The molecule has 1 saturated heterocycles. The lowest BCUT2D eigenvalue weighted by molar-refractivity contribution is -0.144. The molecule has 3 aromatic rings. The summed E-state index contributed by atoms with van der Waals surface area (Å²) in [4.78, 5) is 39.8. The molecule has 1 aliphatic rings. The Hall–Kier alpha value is -4.13. The van der Waals surface area contributed by atoms with Crippen LogP contribution in [0.5, 0.6) is 0 Å². The van der Waals surface area contributed by atoms with E-state index in [2.05, 4.69) is 39.8 Å². The van der Waals surface area contributed by atoms with Gasteiger partial charge in [-0.25, -0.2) is 0 Å². The first-order valence-corrected chi connectivity index (χ1v) is 14.2. The summed E-state index contributed by atoms with van der Waals surface area (Å²) in [7, 11) is 0. The van der Waals surface area contributed by atoms with Crippen molar-refractivity contribution >= 4 is 29.2 Å². The van der Waals surface area contributed by atoms with Crippen molar-refractivity contribution in [1.29, 1.82) is 0 Å². The van der Waals surface area contributed by atoms with Crippen molar-refractivity contribution in [2.75, 3.05) is 36.5 Å². The average Bonchev–Trinajstić information content (AvgIpc) is 2.98. The predicted octanol–water partition coefficient (Wildman–Crippen LogP) is 5.40. The molecule has 0 saturated carbocycles. The van der Waals surface area contributed by atoms with E-state index in [1.165, 1.54) is 5.56 Å². The first kappa shape index (κ1) is 28.9. The van der Waals surface area contributed by atoms with E-state index in [9.17, 15) is 14.4 Å². The Labute approximate surface area is 236 Å². The van der Waals surface area contributed by atoms with Crippen molar-refractivity contribution < 1.29 is 19.1 Å². The summed E-state index contributed by atoms with van der Waals surface area (Å²) in [6.07, 6.45) is 3.94. The van der Waals surface area contributed by atoms with E-state index in [4.69, 9.17) is 4.74 Å². The summed E-state index contributed by atoms with van der Waals surface area (Å²) < 4.78 is 4.91. The molecule has 0 unspecified atom stereocenters. The number of nitrogens with one attached hydrogen (secondary N) is 2. The fourth-order valence-electron chi connectivity index (χ4n) is 5.13. The third kappa shape index (κ3) is 8.70. The summed E-state index contributed by atoms with van der Waals surface area (Å²) in [6, 6.07) is 26.1. The molecular formula is C33H39N3O4. The summed E-state index contributed by atoms with van der Waals surface area (Å²) in [5.41, 5.74) is 4.47. The van der Waals surface area contributed by atoms with Crippen LogP contribution in [0, 0.1) is 5.92 Å². The average molecular weight is 542 g/mol. The normalized spacial score (nSPS) is 13.5. The van der Waals surface area contributed by atoms with Gasteiger partial charge in [0.1, 0.15) is 0 Å². The molecule has 0 aromatic heterocycles. The van der Waals surface area contributed by atoms with Gasteiger partial charge in [-0.05, 0) is 67.9 Å². The van der Waals surface area contributed by atoms with Crippen LogP contribution in [-0.4, -0.2) is 44.0 Å². The van der Waals surface area contributed by atoms with Crippen molar-refractivity contribution in [2.24, 2.45) is 5.92 Å². The van der Waals surface area contributed by atoms with Crippen LogP contribution in [0.15, 0.2) is 78.9 Å². The SMILES string of the molecule is CCOC(=O)CCC(=O)Nc1ccc(N2CCC(Cc3ccccc3)CC2)c(C(=O)NCCc2ccccc2)c1. The second kappa shape index (κ2) is 14.9. The maximum atomic E-state index is 13.4. The van der Waals surface area contributed by atoms with Crippen molar-refractivity contribution in [3.63, 3.8) is 0 Å². The number of piperidine rings is 1. The van der Waals surface area contributed by atoms with Crippen LogP contribution in [0.4, 0.5) is 11.4 Å². The Bertz CT molecular complexity index is 1260. The molecule has 1 fully saturated rings. The zero-order valence-corrected chi connectivity index (χ0v) is 23.2.